The molecule has 0 radical (unpaired) electrons. The van der Waals surface area contributed by atoms with Crippen LogP contribution in [0.2, 0.25) is 0 Å². The summed E-state index contributed by atoms with van der Waals surface area (Å²) in [5.74, 6) is -0.805. The molecule has 0 aromatic rings. The first-order chi connectivity index (χ1) is 50.0. The third kappa shape index (κ3) is 87.7. The lowest BCUT2D eigenvalue weighted by Crippen LogP contribution is -2.48. The van der Waals surface area contributed by atoms with Gasteiger partial charge in [-0.15, -0.1) is 0 Å². The monoisotopic (exact) mass is 1600 g/mol. The molecule has 0 aromatic heterocycles. The Morgan fingerprint density at radius 1 is 0.270 bits per heavy atom. The van der Waals surface area contributed by atoms with Gasteiger partial charge in [-0.3, -0.25) is 70.3 Å². The minimum Gasteiger partial charge on any atom is -0.465 e. The highest BCUT2D eigenvalue weighted by molar-refractivity contribution is 5.78. The molecule has 0 aliphatic heterocycles. The molecule has 0 aliphatic carbocycles. The van der Waals surface area contributed by atoms with Crippen molar-refractivity contribution in [2.45, 2.75) is 506 Å². The highest BCUT2D eigenvalue weighted by Gasteiger charge is 2.29. The quantitative estimate of drug-likeness (QED) is 0.0216. The largest absolute Gasteiger partial charge is 0.465 e. The fourth-order valence-electron chi connectivity index (χ4n) is 9.50. The van der Waals surface area contributed by atoms with Crippen LogP contribution in [0.15, 0.2) is 0 Å². The normalized spacial score (nSPS) is 14.5. The van der Waals surface area contributed by atoms with E-state index in [-0.39, 0.29) is 172 Å². The summed E-state index contributed by atoms with van der Waals surface area (Å²) in [6.07, 6.45) is 6.76. The van der Waals surface area contributed by atoms with Gasteiger partial charge >= 0.3 is 47.8 Å². The van der Waals surface area contributed by atoms with Crippen LogP contribution in [0.1, 0.15) is 370 Å². The van der Waals surface area contributed by atoms with Gasteiger partial charge in [-0.25, -0.2) is 0 Å². The molecule has 0 rings (SSSR count). The number of hydrogen-bond acceptors (Lipinski definition) is 24. The maximum atomic E-state index is 11.7. The van der Waals surface area contributed by atoms with Crippen molar-refractivity contribution in [3.8, 4) is 0 Å². The predicted octanol–water partition coefficient (Wildman–Crippen LogP) is 16.3. The van der Waals surface area contributed by atoms with Crippen LogP contribution in [-0.4, -0.2) is 191 Å². The number of nitrogens with one attached hydrogen (secondary N) is 8. The SMILES string of the molecule is CC(C)C[C@H](NC(C)C)C(=O)OC(C)C.CC(C)OC(=O)[C@H](C)NC(C)(C)C.CCC(CC)OC(=O)[C@H](C)NC(C)(C)C.CCC[C@H](NC(C)(C)C)C(=O)OC(C)C.CCOC(=O)[C@H](C)NC(C)(C)C.CC[C@@H](C)OC(=O)[C@H](C)NC(C)(C)C.CC[C@H](C)OC(=O)[C@H](C)NC(C)(C)C.CC[C@H](NC(C)C)C(=O)OC(C)C. The van der Waals surface area contributed by atoms with Crippen LogP contribution in [0.4, 0.5) is 0 Å². The van der Waals surface area contributed by atoms with Crippen molar-refractivity contribution in [1.29, 1.82) is 0 Å². The fourth-order valence-corrected chi connectivity index (χ4v) is 9.50. The van der Waals surface area contributed by atoms with E-state index in [1.54, 1.807) is 0 Å². The predicted molar refractivity (Wildman–Crippen MR) is 461 cm³/mol. The lowest BCUT2D eigenvalue weighted by Gasteiger charge is -2.27. The molecule has 0 fully saturated rings. The lowest BCUT2D eigenvalue weighted by molar-refractivity contribution is -0.152. The van der Waals surface area contributed by atoms with Crippen molar-refractivity contribution in [3.63, 3.8) is 0 Å². The van der Waals surface area contributed by atoms with Crippen LogP contribution in [0.3, 0.4) is 0 Å². The van der Waals surface area contributed by atoms with Crippen LogP contribution in [0, 0.1) is 5.92 Å². The summed E-state index contributed by atoms with van der Waals surface area (Å²) >= 11 is 0. The molecule has 0 amide bonds. The Balaban J connectivity index is -0.000000182. The van der Waals surface area contributed by atoms with Crippen molar-refractivity contribution < 1.29 is 76.3 Å². The zero-order valence-electron chi connectivity index (χ0n) is 80.3. The molecule has 10 atom stereocenters. The van der Waals surface area contributed by atoms with Crippen LogP contribution in [0.5, 0.6) is 0 Å². The molecule has 0 aromatic carbocycles. The zero-order chi connectivity index (χ0) is 89.7. The van der Waals surface area contributed by atoms with Crippen molar-refractivity contribution in [2.75, 3.05) is 6.61 Å². The molecule has 0 spiro atoms. The van der Waals surface area contributed by atoms with Crippen LogP contribution in [0.25, 0.3) is 0 Å². The molecule has 0 saturated carbocycles. The Hall–Kier alpha value is -4.56. The van der Waals surface area contributed by atoms with Crippen molar-refractivity contribution >= 4 is 47.8 Å². The van der Waals surface area contributed by atoms with Gasteiger partial charge in [0.25, 0.3) is 0 Å². The number of carbonyl (C=O) groups is 8. The van der Waals surface area contributed by atoms with Crippen LogP contribution in [-0.2, 0) is 76.3 Å². The van der Waals surface area contributed by atoms with Gasteiger partial charge < -0.3 is 48.5 Å². The second kappa shape index (κ2) is 63.6. The zero-order valence-corrected chi connectivity index (χ0v) is 80.3. The number of esters is 8. The third-order valence-corrected chi connectivity index (χ3v) is 13.9. The average Bonchev–Trinajstić information content (AvgIpc) is 0.884. The highest BCUT2D eigenvalue weighted by Crippen LogP contribution is 2.14. The number of carbonyl (C=O) groups excluding carboxylic acids is 8. The van der Waals surface area contributed by atoms with E-state index < -0.39 is 0 Å². The lowest BCUT2D eigenvalue weighted by atomic mass is 10.0. The molecule has 0 unspecified atom stereocenters. The molecule has 0 aliphatic rings. The van der Waals surface area contributed by atoms with E-state index in [0.29, 0.717) is 24.6 Å². The molecule has 24 heteroatoms. The summed E-state index contributed by atoms with van der Waals surface area (Å²) in [5, 5.41) is 25.5. The Bertz CT molecular complexity index is 2320. The first-order valence-corrected chi connectivity index (χ1v) is 41.7. The van der Waals surface area contributed by atoms with Crippen LogP contribution < -0.4 is 42.5 Å². The first-order valence-electron chi connectivity index (χ1n) is 41.7. The van der Waals surface area contributed by atoms with Gasteiger partial charge in [-0.1, -0.05) is 89.5 Å². The van der Waals surface area contributed by atoms with E-state index >= 15 is 0 Å². The maximum absolute atomic E-state index is 11.7. The molecule has 24 nitrogen and oxygen atoms in total. The van der Waals surface area contributed by atoms with Crippen molar-refractivity contribution in [3.05, 3.63) is 0 Å². The van der Waals surface area contributed by atoms with Crippen molar-refractivity contribution in [2.24, 2.45) is 5.92 Å². The van der Waals surface area contributed by atoms with Gasteiger partial charge in [0.05, 0.1) is 43.2 Å². The summed E-state index contributed by atoms with van der Waals surface area (Å²) < 4.78 is 41.2. The summed E-state index contributed by atoms with van der Waals surface area (Å²) in [4.78, 5) is 92.1. The molecular formula is C87H182N8O16. The molecular weight excluding hydrogens is 1410 g/mol. The maximum Gasteiger partial charge on any atom is 0.323 e. The Kier molecular flexibility index (Phi) is 70.0. The van der Waals surface area contributed by atoms with E-state index in [4.69, 9.17) is 37.9 Å². The second-order valence-electron chi connectivity index (χ2n) is 37.0. The van der Waals surface area contributed by atoms with Gasteiger partial charge in [0.1, 0.15) is 54.4 Å². The number of hydrogen-bond donors (Lipinski definition) is 8. The second-order valence-corrected chi connectivity index (χ2v) is 37.0. The summed E-state index contributed by atoms with van der Waals surface area (Å²) in [5.41, 5.74) is -0.356. The van der Waals surface area contributed by atoms with Gasteiger partial charge in [-0.05, 0) is 286 Å². The summed E-state index contributed by atoms with van der Waals surface area (Å²) in [7, 11) is 0. The summed E-state index contributed by atoms with van der Waals surface area (Å²) in [6.45, 7) is 91.1. The van der Waals surface area contributed by atoms with E-state index in [9.17, 15) is 38.4 Å². The fraction of sp³-hybridized carbons (Fsp3) is 0.908. The van der Waals surface area contributed by atoms with E-state index in [0.717, 1.165) is 51.4 Å². The van der Waals surface area contributed by atoms with Crippen LogP contribution >= 0.6 is 0 Å². The standard InChI is InChI=1S/3C12H25NO2.2C11H23NO2.2C10H21NO2.C9H19NO2/c1-8(2)7-11(13-9(3)4)12(14)15-10(5)6;1-7-8-10(13-12(4,5)6)11(14)15-9(2)3;1-7-10(8-2)15-11(14)9(3)13-12(4,5)6;2*1-7-8(2)14-10(13)9(3)12-11(4,5)6;1-7(2)13-9(12)8(3)11-10(4,5)6;1-6-9(11-7(2)3)10(12)13-8(4)5;1-6-12-8(11)7(2)10-9(3,4)5/h8-11,13H,7H2,1-6H3;2*9-10,13H,7-8H2,1-6H3;2*8-9,12H,7H2,1-6H3;7-8,11H,1-6H3;7-9,11H,6H2,1-5H3;7,10H,6H2,1-5H3/t11-;10-;9-;8-,9+;8-,9-;8-;9-;7-/m00010000/s1. The molecule has 111 heavy (non-hydrogen) atoms. The molecule has 8 N–H and O–H groups in total. The van der Waals surface area contributed by atoms with E-state index in [2.05, 4.69) is 84.1 Å². The minimum atomic E-state index is -0.248. The van der Waals surface area contributed by atoms with Gasteiger partial charge in [-0.2, -0.15) is 0 Å². The minimum absolute atomic E-state index is 0.00622. The number of rotatable bonds is 35. The van der Waals surface area contributed by atoms with Gasteiger partial charge in [0.2, 0.25) is 0 Å². The van der Waals surface area contributed by atoms with Gasteiger partial charge in [0.15, 0.2) is 0 Å². The molecule has 0 heterocycles. The Morgan fingerprint density at radius 3 is 0.739 bits per heavy atom. The first kappa shape index (κ1) is 122. The Morgan fingerprint density at radius 2 is 0.514 bits per heavy atom. The molecule has 0 bridgehead atoms. The third-order valence-electron chi connectivity index (χ3n) is 13.9. The number of ether oxygens (including phenoxy) is 8. The smallest absolute Gasteiger partial charge is 0.323 e. The molecule has 0 saturated heterocycles. The van der Waals surface area contributed by atoms with Crippen molar-refractivity contribution in [1.82, 2.24) is 42.5 Å². The Labute approximate surface area is 682 Å². The topological polar surface area (TPSA) is 307 Å². The highest BCUT2D eigenvalue weighted by atomic mass is 16.6. The van der Waals surface area contributed by atoms with E-state index in [1.165, 1.54) is 0 Å². The average molecular weight is 1600 g/mol. The summed E-state index contributed by atoms with van der Waals surface area (Å²) in [6, 6.07) is -1.13. The van der Waals surface area contributed by atoms with E-state index in [1.807, 2.05) is 277 Å². The molecule has 666 valence electrons. The van der Waals surface area contributed by atoms with Gasteiger partial charge in [0, 0.05) is 45.3 Å².